The first kappa shape index (κ1) is 17.3. The Morgan fingerprint density at radius 2 is 2.08 bits per heavy atom. The molecule has 6 atom stereocenters. The highest BCUT2D eigenvalue weighted by Crippen LogP contribution is 2.61. The number of aliphatic hydroxyl groups is 2. The second-order valence-electron chi connectivity index (χ2n) is 8.24. The van der Waals surface area contributed by atoms with E-state index in [0.717, 1.165) is 36.8 Å². The van der Waals surface area contributed by atoms with E-state index in [1.807, 2.05) is 6.07 Å². The van der Waals surface area contributed by atoms with Gasteiger partial charge in [-0.1, -0.05) is 6.92 Å². The molecule has 0 radical (unpaired) electrons. The molecule has 3 aliphatic carbocycles. The number of aliphatic hydroxyl groups excluding tert-OH is 2. The van der Waals surface area contributed by atoms with Crippen LogP contribution in [0.2, 0.25) is 0 Å². The van der Waals surface area contributed by atoms with E-state index in [1.54, 1.807) is 6.07 Å². The van der Waals surface area contributed by atoms with E-state index in [0.29, 0.717) is 24.2 Å². The van der Waals surface area contributed by atoms with Crippen LogP contribution in [0, 0.1) is 23.1 Å². The van der Waals surface area contributed by atoms with E-state index in [1.165, 1.54) is 7.11 Å². The van der Waals surface area contributed by atoms with Crippen molar-refractivity contribution in [3.63, 3.8) is 0 Å². The molecule has 1 aromatic carbocycles. The maximum Gasteiger partial charge on any atom is 0.188 e. The lowest BCUT2D eigenvalue weighted by Crippen LogP contribution is -2.44. The van der Waals surface area contributed by atoms with Gasteiger partial charge in [0.25, 0.3) is 0 Å². The standard InChI is InChI=1S/C20H27FO4/c1-20-6-5-12-13(15(20)9-17(22)19(20)23)4-3-11-7-18(25-10-24-2)16(21)8-14(11)12/h7-8,12-13,15,17,19,22-23H,3-6,9-10H2,1-2H3/t12-,13+,15-,17-,19-,20-/m0/s1. The summed E-state index contributed by atoms with van der Waals surface area (Å²) in [5, 5.41) is 20.7. The Labute approximate surface area is 148 Å². The highest BCUT2D eigenvalue weighted by Gasteiger charge is 2.57. The van der Waals surface area contributed by atoms with Crippen molar-refractivity contribution in [1.82, 2.24) is 0 Å². The Morgan fingerprint density at radius 3 is 2.84 bits per heavy atom. The van der Waals surface area contributed by atoms with Crippen LogP contribution in [0.4, 0.5) is 4.39 Å². The molecule has 4 rings (SSSR count). The minimum atomic E-state index is -0.638. The molecule has 3 aliphatic rings. The van der Waals surface area contributed by atoms with Gasteiger partial charge in [0.15, 0.2) is 18.4 Å². The van der Waals surface area contributed by atoms with E-state index in [-0.39, 0.29) is 23.8 Å². The molecule has 0 unspecified atom stereocenters. The normalized spacial score (nSPS) is 39.5. The van der Waals surface area contributed by atoms with E-state index in [2.05, 4.69) is 6.92 Å². The molecule has 0 bridgehead atoms. The summed E-state index contributed by atoms with van der Waals surface area (Å²) in [5.74, 6) is 0.938. The monoisotopic (exact) mass is 350 g/mol. The first-order valence-electron chi connectivity index (χ1n) is 9.26. The average molecular weight is 350 g/mol. The van der Waals surface area contributed by atoms with Gasteiger partial charge in [-0.2, -0.15) is 0 Å². The van der Waals surface area contributed by atoms with Crippen LogP contribution in [0.25, 0.3) is 0 Å². The lowest BCUT2D eigenvalue weighted by molar-refractivity contribution is -0.0506. The molecular formula is C20H27FO4. The number of aryl methyl sites for hydroxylation is 1. The fourth-order valence-corrected chi connectivity index (χ4v) is 5.79. The SMILES string of the molecule is COCOc1cc2c(cc1F)[C@H]1CC[C@]3(C)[C@@H](O)[C@@H](O)C[C@H]3[C@@H]1CC2. The maximum atomic E-state index is 14.5. The molecule has 0 aromatic heterocycles. The van der Waals surface area contributed by atoms with Crippen molar-refractivity contribution in [2.75, 3.05) is 13.9 Å². The summed E-state index contributed by atoms with van der Waals surface area (Å²) in [7, 11) is 1.52. The molecule has 2 fully saturated rings. The second-order valence-corrected chi connectivity index (χ2v) is 8.24. The number of ether oxygens (including phenoxy) is 2. The third-order valence-electron chi connectivity index (χ3n) is 7.08. The fourth-order valence-electron chi connectivity index (χ4n) is 5.79. The summed E-state index contributed by atoms with van der Waals surface area (Å²) in [6.45, 7) is 2.16. The van der Waals surface area contributed by atoms with Crippen molar-refractivity contribution in [1.29, 1.82) is 0 Å². The van der Waals surface area contributed by atoms with Gasteiger partial charge in [-0.25, -0.2) is 4.39 Å². The van der Waals surface area contributed by atoms with Gasteiger partial charge in [-0.3, -0.25) is 0 Å². The van der Waals surface area contributed by atoms with Crippen LogP contribution in [-0.2, 0) is 11.2 Å². The Morgan fingerprint density at radius 1 is 1.28 bits per heavy atom. The molecule has 0 spiro atoms. The molecule has 1 aromatic rings. The number of fused-ring (bicyclic) bond motifs is 5. The van der Waals surface area contributed by atoms with Crippen LogP contribution in [0.5, 0.6) is 5.75 Å². The predicted octanol–water partition coefficient (Wildman–Crippen LogP) is 3.00. The lowest BCUT2D eigenvalue weighted by atomic mass is 9.55. The summed E-state index contributed by atoms with van der Waals surface area (Å²) in [6, 6.07) is 3.47. The smallest absolute Gasteiger partial charge is 0.188 e. The van der Waals surface area contributed by atoms with Gasteiger partial charge in [0.1, 0.15) is 0 Å². The highest BCUT2D eigenvalue weighted by molar-refractivity contribution is 5.42. The van der Waals surface area contributed by atoms with E-state index in [4.69, 9.17) is 9.47 Å². The summed E-state index contributed by atoms with van der Waals surface area (Å²) in [5.41, 5.74) is 2.05. The van der Waals surface area contributed by atoms with Crippen LogP contribution < -0.4 is 4.74 Å². The summed E-state index contributed by atoms with van der Waals surface area (Å²) >= 11 is 0. The van der Waals surface area contributed by atoms with Gasteiger partial charge in [0, 0.05) is 7.11 Å². The van der Waals surface area contributed by atoms with Crippen molar-refractivity contribution in [3.05, 3.63) is 29.1 Å². The molecule has 2 N–H and O–H groups in total. The van der Waals surface area contributed by atoms with Gasteiger partial charge in [-0.15, -0.1) is 0 Å². The zero-order chi connectivity index (χ0) is 17.8. The van der Waals surface area contributed by atoms with Crippen LogP contribution in [0.15, 0.2) is 12.1 Å². The number of benzene rings is 1. The molecule has 4 nitrogen and oxygen atoms in total. The Kier molecular flexibility index (Phi) is 4.29. The first-order valence-corrected chi connectivity index (χ1v) is 9.26. The molecule has 0 saturated heterocycles. The summed E-state index contributed by atoms with van der Waals surface area (Å²) in [6.07, 6.45) is 3.11. The Balaban J connectivity index is 1.64. The van der Waals surface area contributed by atoms with Gasteiger partial charge in [0.05, 0.1) is 12.2 Å². The molecule has 0 aliphatic heterocycles. The number of hydrogen-bond acceptors (Lipinski definition) is 4. The highest BCUT2D eigenvalue weighted by atomic mass is 19.1. The minimum absolute atomic E-state index is 0.0396. The number of rotatable bonds is 3. The molecule has 0 heterocycles. The van der Waals surface area contributed by atoms with Crippen molar-refractivity contribution in [3.8, 4) is 5.75 Å². The Hall–Kier alpha value is -1.17. The molecule has 0 amide bonds. The van der Waals surface area contributed by atoms with Crippen molar-refractivity contribution in [2.45, 2.75) is 57.2 Å². The molecule has 138 valence electrons. The molecule has 25 heavy (non-hydrogen) atoms. The molecular weight excluding hydrogens is 323 g/mol. The zero-order valence-electron chi connectivity index (χ0n) is 14.9. The maximum absolute atomic E-state index is 14.5. The number of hydrogen-bond donors (Lipinski definition) is 2. The second kappa shape index (κ2) is 6.22. The third kappa shape index (κ3) is 2.59. The largest absolute Gasteiger partial charge is 0.464 e. The van der Waals surface area contributed by atoms with Crippen LogP contribution in [-0.4, -0.2) is 36.3 Å². The van der Waals surface area contributed by atoms with Crippen LogP contribution in [0.3, 0.4) is 0 Å². The minimum Gasteiger partial charge on any atom is -0.464 e. The number of methoxy groups -OCH3 is 1. The first-order chi connectivity index (χ1) is 12.0. The summed E-state index contributed by atoms with van der Waals surface area (Å²) < 4.78 is 24.7. The zero-order valence-corrected chi connectivity index (χ0v) is 14.9. The quantitative estimate of drug-likeness (QED) is 0.823. The van der Waals surface area contributed by atoms with E-state index >= 15 is 0 Å². The lowest BCUT2D eigenvalue weighted by Gasteiger charge is -2.49. The van der Waals surface area contributed by atoms with Crippen LogP contribution >= 0.6 is 0 Å². The van der Waals surface area contributed by atoms with E-state index < -0.39 is 12.2 Å². The van der Waals surface area contributed by atoms with Gasteiger partial charge < -0.3 is 19.7 Å². The topological polar surface area (TPSA) is 58.9 Å². The molecule has 5 heteroatoms. The van der Waals surface area contributed by atoms with Gasteiger partial charge >= 0.3 is 0 Å². The summed E-state index contributed by atoms with van der Waals surface area (Å²) in [4.78, 5) is 0. The van der Waals surface area contributed by atoms with Crippen LogP contribution in [0.1, 0.15) is 49.7 Å². The van der Waals surface area contributed by atoms with Crippen molar-refractivity contribution in [2.24, 2.45) is 17.3 Å². The third-order valence-corrected chi connectivity index (χ3v) is 7.08. The molecule has 2 saturated carbocycles. The number of halogens is 1. The average Bonchev–Trinajstić information content (AvgIpc) is 2.83. The fraction of sp³-hybridized carbons (Fsp3) is 0.700. The van der Waals surface area contributed by atoms with Gasteiger partial charge in [0.2, 0.25) is 0 Å². The van der Waals surface area contributed by atoms with Crippen molar-refractivity contribution < 1.29 is 24.1 Å². The van der Waals surface area contributed by atoms with Crippen molar-refractivity contribution >= 4 is 0 Å². The predicted molar refractivity (Wildman–Crippen MR) is 90.9 cm³/mol. The van der Waals surface area contributed by atoms with Gasteiger partial charge in [-0.05, 0) is 78.5 Å². The van der Waals surface area contributed by atoms with E-state index in [9.17, 15) is 14.6 Å². The Bertz CT molecular complexity index is 663.